The average molecular weight is 573 g/mol. The lowest BCUT2D eigenvalue weighted by Gasteiger charge is -2.38. The maximum absolute atomic E-state index is 13.7. The average Bonchev–Trinajstić information content (AvgIpc) is 2.95. The molecule has 3 amide bonds. The summed E-state index contributed by atoms with van der Waals surface area (Å²) >= 11 is 0. The van der Waals surface area contributed by atoms with Crippen LogP contribution in [0.5, 0.6) is 5.75 Å². The number of carbonyl (C=O) groups excluding carboxylic acids is 2. The van der Waals surface area contributed by atoms with Crippen molar-refractivity contribution in [2.45, 2.75) is 69.0 Å². The molecule has 2 aromatic carbocycles. The molecule has 0 aromatic heterocycles. The first-order valence-corrected chi connectivity index (χ1v) is 15.4. The second-order valence-electron chi connectivity index (χ2n) is 10.8. The van der Waals surface area contributed by atoms with Crippen LogP contribution in [-0.4, -0.2) is 79.6 Å². The second kappa shape index (κ2) is 13.0. The summed E-state index contributed by atoms with van der Waals surface area (Å²) in [5.74, 6) is -0.449. The van der Waals surface area contributed by atoms with Gasteiger partial charge in [-0.2, -0.15) is 4.31 Å². The summed E-state index contributed by atoms with van der Waals surface area (Å²) in [6, 6.07) is 12.4. The van der Waals surface area contributed by atoms with Crippen LogP contribution >= 0.6 is 0 Å². The topological polar surface area (TPSA) is 128 Å². The normalized spacial score (nSPS) is 21.1. The number of anilines is 1. The van der Waals surface area contributed by atoms with Gasteiger partial charge in [-0.1, -0.05) is 50.5 Å². The third-order valence-electron chi connectivity index (χ3n) is 7.77. The van der Waals surface area contributed by atoms with E-state index in [1.165, 1.54) is 17.8 Å². The van der Waals surface area contributed by atoms with Crippen LogP contribution in [0, 0.1) is 5.92 Å². The van der Waals surface area contributed by atoms with E-state index in [-0.39, 0.29) is 59.8 Å². The Balaban J connectivity index is 1.66. The highest BCUT2D eigenvalue weighted by Crippen LogP contribution is 2.35. The van der Waals surface area contributed by atoms with Crippen molar-refractivity contribution in [3.63, 3.8) is 0 Å². The molecule has 1 heterocycles. The van der Waals surface area contributed by atoms with Crippen molar-refractivity contribution >= 4 is 27.6 Å². The molecule has 0 unspecified atom stereocenters. The van der Waals surface area contributed by atoms with E-state index in [0.29, 0.717) is 5.69 Å². The smallest absolute Gasteiger partial charge is 0.319 e. The number of para-hydroxylation sites is 1. The van der Waals surface area contributed by atoms with Crippen molar-refractivity contribution in [3.05, 3.63) is 54.1 Å². The number of nitrogens with zero attached hydrogens (tertiary/aromatic N) is 2. The minimum Gasteiger partial charge on any atom is -0.486 e. The first-order valence-electron chi connectivity index (χ1n) is 13.9. The maximum atomic E-state index is 13.7. The lowest BCUT2D eigenvalue weighted by Crippen LogP contribution is -2.50. The number of likely N-dealkylation sites (N-methyl/N-ethyl adjacent to an activating group) is 1. The summed E-state index contributed by atoms with van der Waals surface area (Å²) in [6.07, 6.45) is 4.49. The van der Waals surface area contributed by atoms with Gasteiger partial charge in [0.25, 0.3) is 5.91 Å². The molecule has 11 heteroatoms. The number of sulfonamides is 1. The molecule has 3 atom stereocenters. The van der Waals surface area contributed by atoms with Gasteiger partial charge >= 0.3 is 6.03 Å². The number of nitrogens with one attached hydrogen (secondary N) is 2. The molecule has 1 aliphatic heterocycles. The van der Waals surface area contributed by atoms with E-state index < -0.39 is 22.2 Å². The molecule has 10 nitrogen and oxygen atoms in total. The molecule has 3 N–H and O–H groups in total. The number of ether oxygens (including phenoxy) is 1. The predicted octanol–water partition coefficient (Wildman–Crippen LogP) is 3.68. The zero-order valence-corrected chi connectivity index (χ0v) is 24.2. The Morgan fingerprint density at radius 2 is 1.82 bits per heavy atom. The molecule has 40 heavy (non-hydrogen) atoms. The van der Waals surface area contributed by atoms with Crippen molar-refractivity contribution < 1.29 is 27.9 Å². The fourth-order valence-electron chi connectivity index (χ4n) is 5.27. The summed E-state index contributed by atoms with van der Waals surface area (Å²) < 4.78 is 34.3. The molecular weight excluding hydrogens is 532 g/mol. The highest BCUT2D eigenvalue weighted by Gasteiger charge is 2.36. The molecule has 2 aromatic rings. The van der Waals surface area contributed by atoms with Crippen molar-refractivity contribution in [1.29, 1.82) is 0 Å². The van der Waals surface area contributed by atoms with E-state index in [4.69, 9.17) is 4.74 Å². The SMILES string of the molecule is C[C@H](CO)N1C[C@H](C)[C@@H](CN(C)S(=O)(=O)c2ccccc2)Oc2c(NC(=O)NC3CCCCC3)cccc2C1=O. The highest BCUT2D eigenvalue weighted by atomic mass is 32.2. The fraction of sp³-hybridized carbons (Fsp3) is 0.517. The summed E-state index contributed by atoms with van der Waals surface area (Å²) in [7, 11) is -2.30. The zero-order valence-electron chi connectivity index (χ0n) is 23.4. The second-order valence-corrected chi connectivity index (χ2v) is 12.9. The number of urea groups is 1. The van der Waals surface area contributed by atoms with Gasteiger partial charge in [0.2, 0.25) is 10.0 Å². The highest BCUT2D eigenvalue weighted by molar-refractivity contribution is 7.89. The van der Waals surface area contributed by atoms with Gasteiger partial charge in [-0.15, -0.1) is 0 Å². The summed E-state index contributed by atoms with van der Waals surface area (Å²) in [4.78, 5) is 28.4. The van der Waals surface area contributed by atoms with E-state index in [2.05, 4.69) is 10.6 Å². The quantitative estimate of drug-likeness (QED) is 0.443. The van der Waals surface area contributed by atoms with E-state index >= 15 is 0 Å². The molecule has 4 rings (SSSR count). The molecule has 0 bridgehead atoms. The third-order valence-corrected chi connectivity index (χ3v) is 9.61. The fourth-order valence-corrected chi connectivity index (χ4v) is 6.48. The number of hydrogen-bond acceptors (Lipinski definition) is 6. The standard InChI is InChI=1S/C29H40N4O6S/c1-20-17-33(21(2)19-34)28(35)24-15-10-16-25(31-29(36)30-22-11-6-4-7-12-22)27(24)39-26(20)18-32(3)40(37,38)23-13-8-5-9-14-23/h5,8-10,13-16,20-22,26,34H,4,6-7,11-12,17-19H2,1-3H3,(H2,30,31,36)/t20-,21+,26+/m0/s1. The number of fused-ring (bicyclic) bond motifs is 1. The van der Waals surface area contributed by atoms with E-state index in [1.54, 1.807) is 60.4 Å². The Morgan fingerprint density at radius 1 is 1.12 bits per heavy atom. The first-order chi connectivity index (χ1) is 19.1. The van der Waals surface area contributed by atoms with Crippen molar-refractivity contribution in [2.75, 3.05) is 32.1 Å². The molecule has 0 radical (unpaired) electrons. The number of carbonyl (C=O) groups is 2. The Hall–Kier alpha value is -3.15. The number of hydrogen-bond donors (Lipinski definition) is 3. The Morgan fingerprint density at radius 3 is 2.50 bits per heavy atom. The molecule has 0 spiro atoms. The zero-order chi connectivity index (χ0) is 28.9. The van der Waals surface area contributed by atoms with Crippen molar-refractivity contribution in [2.24, 2.45) is 5.92 Å². The summed E-state index contributed by atoms with van der Waals surface area (Å²) in [5, 5.41) is 15.8. The molecule has 1 aliphatic carbocycles. The number of benzene rings is 2. The predicted molar refractivity (Wildman–Crippen MR) is 153 cm³/mol. The van der Waals surface area contributed by atoms with Crippen LogP contribution in [0.3, 0.4) is 0 Å². The number of aliphatic hydroxyl groups is 1. The van der Waals surface area contributed by atoms with Gasteiger partial charge in [0.1, 0.15) is 6.10 Å². The number of amides is 3. The third kappa shape index (κ3) is 6.76. The Kier molecular flexibility index (Phi) is 9.70. The summed E-state index contributed by atoms with van der Waals surface area (Å²) in [6.45, 7) is 3.67. The van der Waals surface area contributed by atoms with E-state index in [0.717, 1.165) is 25.7 Å². The van der Waals surface area contributed by atoms with Gasteiger partial charge in [0.05, 0.1) is 35.3 Å². The lowest BCUT2D eigenvalue weighted by atomic mass is 9.96. The van der Waals surface area contributed by atoms with Gasteiger partial charge in [0, 0.05) is 25.6 Å². The molecule has 1 fully saturated rings. The molecule has 0 saturated heterocycles. The summed E-state index contributed by atoms with van der Waals surface area (Å²) in [5.41, 5.74) is 0.560. The molecule has 2 aliphatic rings. The minimum atomic E-state index is -3.80. The lowest BCUT2D eigenvalue weighted by molar-refractivity contribution is 0.0389. The first kappa shape index (κ1) is 29.8. The number of aliphatic hydroxyl groups excluding tert-OH is 1. The Labute approximate surface area is 236 Å². The van der Waals surface area contributed by atoms with Crippen LogP contribution in [0.25, 0.3) is 0 Å². The van der Waals surface area contributed by atoms with Crippen molar-refractivity contribution in [1.82, 2.24) is 14.5 Å². The largest absolute Gasteiger partial charge is 0.486 e. The Bertz CT molecular complexity index is 1280. The van der Waals surface area contributed by atoms with Crippen LogP contribution in [0.4, 0.5) is 10.5 Å². The van der Waals surface area contributed by atoms with E-state index in [9.17, 15) is 23.1 Å². The van der Waals surface area contributed by atoms with E-state index in [1.807, 2.05) is 6.92 Å². The van der Waals surface area contributed by atoms with Gasteiger partial charge in [-0.3, -0.25) is 4.79 Å². The van der Waals surface area contributed by atoms with Gasteiger partial charge < -0.3 is 25.4 Å². The van der Waals surface area contributed by atoms with Gasteiger partial charge in [-0.25, -0.2) is 13.2 Å². The molecule has 1 saturated carbocycles. The van der Waals surface area contributed by atoms with Gasteiger partial charge in [-0.05, 0) is 44.0 Å². The molecular formula is C29H40N4O6S. The minimum absolute atomic E-state index is 0.00990. The molecule has 218 valence electrons. The van der Waals surface area contributed by atoms with Crippen molar-refractivity contribution in [3.8, 4) is 5.75 Å². The number of rotatable bonds is 8. The van der Waals surface area contributed by atoms with Crippen LogP contribution in [0.2, 0.25) is 0 Å². The van der Waals surface area contributed by atoms with Crippen LogP contribution in [-0.2, 0) is 10.0 Å². The monoisotopic (exact) mass is 572 g/mol. The van der Waals surface area contributed by atoms with Crippen LogP contribution in [0.1, 0.15) is 56.3 Å². The van der Waals surface area contributed by atoms with Crippen LogP contribution < -0.4 is 15.4 Å². The van der Waals surface area contributed by atoms with Crippen LogP contribution in [0.15, 0.2) is 53.4 Å². The van der Waals surface area contributed by atoms with Gasteiger partial charge in [0.15, 0.2) is 5.75 Å². The maximum Gasteiger partial charge on any atom is 0.319 e.